The number of nitrogens with one attached hydrogen (secondary N) is 1. The first-order valence-electron chi connectivity index (χ1n) is 7.23. The summed E-state index contributed by atoms with van der Waals surface area (Å²) in [5, 5.41) is 13.6. The SMILES string of the molecule is O=C(Cc1ccccc1[N+](=O)[O-])NCCCOCC1CC1. The van der Waals surface area contributed by atoms with Gasteiger partial charge >= 0.3 is 0 Å². The molecule has 6 heteroatoms. The van der Waals surface area contributed by atoms with Gasteiger partial charge in [0.05, 0.1) is 11.3 Å². The highest BCUT2D eigenvalue weighted by molar-refractivity contribution is 5.79. The largest absolute Gasteiger partial charge is 0.381 e. The minimum Gasteiger partial charge on any atom is -0.381 e. The van der Waals surface area contributed by atoms with Crippen LogP contribution >= 0.6 is 0 Å². The summed E-state index contributed by atoms with van der Waals surface area (Å²) in [5.41, 5.74) is 0.422. The van der Waals surface area contributed by atoms with Crippen LogP contribution in [0.5, 0.6) is 0 Å². The summed E-state index contributed by atoms with van der Waals surface area (Å²) in [5.74, 6) is 0.546. The van der Waals surface area contributed by atoms with Crippen LogP contribution in [0.2, 0.25) is 0 Å². The first-order valence-corrected chi connectivity index (χ1v) is 7.23. The van der Waals surface area contributed by atoms with E-state index in [4.69, 9.17) is 4.74 Å². The number of para-hydroxylation sites is 1. The summed E-state index contributed by atoms with van der Waals surface area (Å²) >= 11 is 0. The number of carbonyl (C=O) groups is 1. The molecule has 1 fully saturated rings. The van der Waals surface area contributed by atoms with Gasteiger partial charge in [0.25, 0.3) is 5.69 Å². The molecular weight excluding hydrogens is 272 g/mol. The van der Waals surface area contributed by atoms with E-state index in [2.05, 4.69) is 5.32 Å². The van der Waals surface area contributed by atoms with E-state index in [1.165, 1.54) is 18.9 Å². The van der Waals surface area contributed by atoms with Crippen LogP contribution in [0.15, 0.2) is 24.3 Å². The number of nitrogens with zero attached hydrogens (tertiary/aromatic N) is 1. The Morgan fingerprint density at radius 2 is 2.14 bits per heavy atom. The van der Waals surface area contributed by atoms with E-state index in [0.717, 1.165) is 18.9 Å². The van der Waals surface area contributed by atoms with Gasteiger partial charge < -0.3 is 10.1 Å². The van der Waals surface area contributed by atoms with Crippen molar-refractivity contribution < 1.29 is 14.5 Å². The second-order valence-corrected chi connectivity index (χ2v) is 5.28. The first-order chi connectivity index (χ1) is 10.2. The molecule has 1 amide bonds. The highest BCUT2D eigenvalue weighted by atomic mass is 16.6. The Hall–Kier alpha value is -1.95. The van der Waals surface area contributed by atoms with Crippen molar-refractivity contribution in [3.8, 4) is 0 Å². The predicted molar refractivity (Wildman–Crippen MR) is 78.0 cm³/mol. The molecule has 2 rings (SSSR count). The van der Waals surface area contributed by atoms with Gasteiger partial charge in [0.1, 0.15) is 0 Å². The fourth-order valence-electron chi connectivity index (χ4n) is 2.01. The van der Waals surface area contributed by atoms with Crippen LogP contribution in [0, 0.1) is 16.0 Å². The zero-order valence-corrected chi connectivity index (χ0v) is 11.9. The molecule has 1 aromatic carbocycles. The van der Waals surface area contributed by atoms with Crippen LogP contribution in [0.4, 0.5) is 5.69 Å². The number of hydrogen-bond donors (Lipinski definition) is 1. The fourth-order valence-corrected chi connectivity index (χ4v) is 2.01. The Morgan fingerprint density at radius 3 is 2.86 bits per heavy atom. The lowest BCUT2D eigenvalue weighted by Crippen LogP contribution is -2.27. The topological polar surface area (TPSA) is 81.5 Å². The molecule has 0 aliphatic heterocycles. The van der Waals surface area contributed by atoms with Crippen molar-refractivity contribution in [2.45, 2.75) is 25.7 Å². The molecule has 0 spiro atoms. The summed E-state index contributed by atoms with van der Waals surface area (Å²) in [6, 6.07) is 6.31. The van der Waals surface area contributed by atoms with Gasteiger partial charge in [-0.3, -0.25) is 14.9 Å². The maximum absolute atomic E-state index is 11.8. The molecule has 1 N–H and O–H groups in total. The zero-order valence-electron chi connectivity index (χ0n) is 11.9. The second-order valence-electron chi connectivity index (χ2n) is 5.28. The Balaban J connectivity index is 1.65. The zero-order chi connectivity index (χ0) is 15.1. The highest BCUT2D eigenvalue weighted by Crippen LogP contribution is 2.28. The fraction of sp³-hybridized carbons (Fsp3) is 0.533. The number of amides is 1. The third-order valence-electron chi connectivity index (χ3n) is 3.38. The molecule has 1 aromatic rings. The molecule has 0 heterocycles. The summed E-state index contributed by atoms with van der Waals surface area (Å²) in [7, 11) is 0. The first kappa shape index (κ1) is 15.4. The number of rotatable bonds is 9. The van der Waals surface area contributed by atoms with E-state index in [0.29, 0.717) is 18.7 Å². The minimum atomic E-state index is -0.464. The summed E-state index contributed by atoms with van der Waals surface area (Å²) in [4.78, 5) is 22.2. The molecule has 0 radical (unpaired) electrons. The molecule has 0 saturated heterocycles. The molecule has 0 aromatic heterocycles. The molecule has 0 atom stereocenters. The number of benzene rings is 1. The molecular formula is C15H20N2O4. The van der Waals surface area contributed by atoms with Crippen molar-refractivity contribution in [2.75, 3.05) is 19.8 Å². The van der Waals surface area contributed by atoms with Gasteiger partial charge in [0.15, 0.2) is 0 Å². The standard InChI is InChI=1S/C15H20N2O4/c18-15(16-8-3-9-21-11-12-6-7-12)10-13-4-1-2-5-14(13)17(19)20/h1-2,4-5,12H,3,6-11H2,(H,16,18). The van der Waals surface area contributed by atoms with E-state index in [9.17, 15) is 14.9 Å². The highest BCUT2D eigenvalue weighted by Gasteiger charge is 2.20. The summed E-state index contributed by atoms with van der Waals surface area (Å²) in [6.45, 7) is 2.00. The van der Waals surface area contributed by atoms with Gasteiger partial charge in [-0.15, -0.1) is 0 Å². The maximum Gasteiger partial charge on any atom is 0.273 e. The van der Waals surface area contributed by atoms with Crippen molar-refractivity contribution >= 4 is 11.6 Å². The van der Waals surface area contributed by atoms with Crippen molar-refractivity contribution in [1.29, 1.82) is 0 Å². The number of nitro benzene ring substituents is 1. The van der Waals surface area contributed by atoms with Crippen LogP contribution < -0.4 is 5.32 Å². The molecule has 1 aliphatic carbocycles. The normalized spacial score (nSPS) is 13.9. The monoisotopic (exact) mass is 292 g/mol. The summed E-state index contributed by atoms with van der Waals surface area (Å²) in [6.07, 6.45) is 3.33. The Morgan fingerprint density at radius 1 is 1.38 bits per heavy atom. The van der Waals surface area contributed by atoms with Gasteiger partial charge in [0, 0.05) is 31.4 Å². The second kappa shape index (κ2) is 7.73. The van der Waals surface area contributed by atoms with Crippen LogP contribution in [0.1, 0.15) is 24.8 Å². The summed E-state index contributed by atoms with van der Waals surface area (Å²) < 4.78 is 5.47. The molecule has 6 nitrogen and oxygen atoms in total. The average Bonchev–Trinajstić information content (AvgIpc) is 3.27. The Labute approximate surface area is 123 Å². The van der Waals surface area contributed by atoms with Crippen molar-refractivity contribution in [2.24, 2.45) is 5.92 Å². The van der Waals surface area contributed by atoms with Crippen molar-refractivity contribution in [3.05, 3.63) is 39.9 Å². The Kier molecular flexibility index (Phi) is 5.68. The van der Waals surface area contributed by atoms with Gasteiger partial charge in [-0.05, 0) is 25.2 Å². The van der Waals surface area contributed by atoms with Crippen LogP contribution in [-0.4, -0.2) is 30.6 Å². The maximum atomic E-state index is 11.8. The van der Waals surface area contributed by atoms with E-state index in [1.54, 1.807) is 18.2 Å². The van der Waals surface area contributed by atoms with Gasteiger partial charge in [-0.2, -0.15) is 0 Å². The van der Waals surface area contributed by atoms with E-state index < -0.39 is 4.92 Å². The molecule has 114 valence electrons. The van der Waals surface area contributed by atoms with Gasteiger partial charge in [0.2, 0.25) is 5.91 Å². The van der Waals surface area contributed by atoms with E-state index in [-0.39, 0.29) is 18.0 Å². The van der Waals surface area contributed by atoms with E-state index in [1.807, 2.05) is 0 Å². The predicted octanol–water partition coefficient (Wildman–Crippen LogP) is 2.07. The smallest absolute Gasteiger partial charge is 0.273 e. The number of hydrogen-bond acceptors (Lipinski definition) is 4. The van der Waals surface area contributed by atoms with Crippen LogP contribution in [0.25, 0.3) is 0 Å². The number of nitro groups is 1. The van der Waals surface area contributed by atoms with E-state index >= 15 is 0 Å². The van der Waals surface area contributed by atoms with Gasteiger partial charge in [-0.1, -0.05) is 18.2 Å². The lowest BCUT2D eigenvalue weighted by Gasteiger charge is -2.06. The lowest BCUT2D eigenvalue weighted by atomic mass is 10.1. The average molecular weight is 292 g/mol. The third kappa shape index (κ3) is 5.51. The Bertz CT molecular complexity index is 500. The molecule has 1 aliphatic rings. The van der Waals surface area contributed by atoms with Crippen LogP contribution in [-0.2, 0) is 16.0 Å². The van der Waals surface area contributed by atoms with Crippen LogP contribution in [0.3, 0.4) is 0 Å². The molecule has 0 unspecified atom stereocenters. The van der Waals surface area contributed by atoms with Crippen molar-refractivity contribution in [1.82, 2.24) is 5.32 Å². The quantitative estimate of drug-likeness (QED) is 0.429. The molecule has 21 heavy (non-hydrogen) atoms. The lowest BCUT2D eigenvalue weighted by molar-refractivity contribution is -0.385. The molecule has 1 saturated carbocycles. The number of ether oxygens (including phenoxy) is 1. The molecule has 0 bridgehead atoms. The third-order valence-corrected chi connectivity index (χ3v) is 3.38. The van der Waals surface area contributed by atoms with Gasteiger partial charge in [-0.25, -0.2) is 0 Å². The van der Waals surface area contributed by atoms with Crippen molar-refractivity contribution in [3.63, 3.8) is 0 Å². The minimum absolute atomic E-state index is 0.0135. The number of carbonyl (C=O) groups excluding carboxylic acids is 1.